The number of anilines is 1. The number of carbonyl (C=O) groups excluding carboxylic acids is 1. The Balaban J connectivity index is 2.60. The van der Waals surface area contributed by atoms with Crippen molar-refractivity contribution in [1.29, 1.82) is 0 Å². The average molecular weight is 310 g/mol. The first-order valence-corrected chi connectivity index (χ1v) is 5.79. The van der Waals surface area contributed by atoms with Gasteiger partial charge in [-0.3, -0.25) is 14.9 Å². The van der Waals surface area contributed by atoms with E-state index in [0.717, 1.165) is 5.39 Å². The molecule has 0 bridgehead atoms. The number of hydrogen-bond acceptors (Lipinski definition) is 4. The summed E-state index contributed by atoms with van der Waals surface area (Å²) in [5.74, 6) is 0.0987. The number of aromatic nitrogens is 1. The molecule has 0 fully saturated rings. The van der Waals surface area contributed by atoms with Crippen molar-refractivity contribution < 1.29 is 9.72 Å². The van der Waals surface area contributed by atoms with E-state index in [-0.39, 0.29) is 11.6 Å². The number of nitro benzene ring substituents is 1. The van der Waals surface area contributed by atoms with Crippen LogP contribution in [-0.2, 0) is 4.79 Å². The second-order valence-electron chi connectivity index (χ2n) is 3.64. The number of amides is 1. The van der Waals surface area contributed by atoms with Crippen molar-refractivity contribution in [2.24, 2.45) is 0 Å². The fourth-order valence-corrected chi connectivity index (χ4v) is 2.11. The molecule has 0 aliphatic rings. The van der Waals surface area contributed by atoms with Crippen LogP contribution in [0, 0.1) is 10.1 Å². The second kappa shape index (κ2) is 4.69. The van der Waals surface area contributed by atoms with Gasteiger partial charge in [-0.2, -0.15) is 0 Å². The van der Waals surface area contributed by atoms with Gasteiger partial charge in [-0.1, -0.05) is 0 Å². The third-order valence-corrected chi connectivity index (χ3v) is 2.89. The van der Waals surface area contributed by atoms with Crippen LogP contribution in [0.25, 0.3) is 10.8 Å². The van der Waals surface area contributed by atoms with Crippen LogP contribution in [0.3, 0.4) is 0 Å². The maximum Gasteiger partial charge on any atom is 0.270 e. The molecule has 1 heterocycles. The first-order chi connectivity index (χ1) is 8.47. The van der Waals surface area contributed by atoms with E-state index in [0.29, 0.717) is 15.8 Å². The van der Waals surface area contributed by atoms with Gasteiger partial charge in [0.25, 0.3) is 5.69 Å². The number of fused-ring (bicyclic) bond motifs is 1. The summed E-state index contributed by atoms with van der Waals surface area (Å²) in [5.41, 5.74) is -0.00521. The molecule has 0 radical (unpaired) electrons. The monoisotopic (exact) mass is 309 g/mol. The van der Waals surface area contributed by atoms with E-state index in [9.17, 15) is 14.9 Å². The molecule has 1 aromatic heterocycles. The molecular weight excluding hydrogens is 302 g/mol. The smallest absolute Gasteiger partial charge is 0.270 e. The average Bonchev–Trinajstić information content (AvgIpc) is 2.27. The number of benzene rings is 1. The molecule has 0 aliphatic carbocycles. The van der Waals surface area contributed by atoms with Gasteiger partial charge >= 0.3 is 0 Å². The molecule has 2 aromatic rings. The van der Waals surface area contributed by atoms with Gasteiger partial charge < -0.3 is 5.32 Å². The minimum absolute atomic E-state index is 0.00521. The molecular formula is C11H8BrN3O3. The van der Waals surface area contributed by atoms with Gasteiger partial charge in [0.15, 0.2) is 0 Å². The van der Waals surface area contributed by atoms with Crippen LogP contribution in [0.15, 0.2) is 28.9 Å². The highest BCUT2D eigenvalue weighted by atomic mass is 79.9. The Kier molecular flexibility index (Phi) is 3.24. The van der Waals surface area contributed by atoms with E-state index in [2.05, 4.69) is 26.2 Å². The lowest BCUT2D eigenvalue weighted by molar-refractivity contribution is -0.384. The zero-order valence-corrected chi connectivity index (χ0v) is 10.9. The van der Waals surface area contributed by atoms with Crippen LogP contribution >= 0.6 is 15.9 Å². The Labute approximate surface area is 110 Å². The Hall–Kier alpha value is -2.02. The van der Waals surface area contributed by atoms with Crippen LogP contribution in [-0.4, -0.2) is 15.8 Å². The molecule has 0 saturated heterocycles. The van der Waals surface area contributed by atoms with Gasteiger partial charge in [0.2, 0.25) is 5.91 Å². The van der Waals surface area contributed by atoms with Crippen LogP contribution in [0.4, 0.5) is 11.5 Å². The predicted octanol–water partition coefficient (Wildman–Crippen LogP) is 2.86. The molecule has 2 rings (SSSR count). The zero-order chi connectivity index (χ0) is 13.3. The van der Waals surface area contributed by atoms with Gasteiger partial charge in [0, 0.05) is 24.4 Å². The molecule has 7 heteroatoms. The quantitative estimate of drug-likeness (QED) is 0.525. The maximum absolute atomic E-state index is 11.0. The summed E-state index contributed by atoms with van der Waals surface area (Å²) in [7, 11) is 0. The summed E-state index contributed by atoms with van der Waals surface area (Å²) in [6.45, 7) is 1.37. The van der Waals surface area contributed by atoms with Gasteiger partial charge in [0.05, 0.1) is 4.92 Å². The lowest BCUT2D eigenvalue weighted by atomic mass is 10.1. The first kappa shape index (κ1) is 12.4. The third kappa shape index (κ3) is 2.45. The summed E-state index contributed by atoms with van der Waals surface area (Å²) < 4.78 is 0.527. The Morgan fingerprint density at radius 1 is 1.44 bits per heavy atom. The highest BCUT2D eigenvalue weighted by Gasteiger charge is 2.10. The second-order valence-corrected chi connectivity index (χ2v) is 4.39. The van der Waals surface area contributed by atoms with E-state index in [1.807, 2.05) is 0 Å². The van der Waals surface area contributed by atoms with Crippen LogP contribution in [0.1, 0.15) is 6.92 Å². The van der Waals surface area contributed by atoms with Crippen molar-refractivity contribution in [2.45, 2.75) is 6.92 Å². The number of halogens is 1. The number of nitrogens with zero attached hydrogens (tertiary/aromatic N) is 2. The van der Waals surface area contributed by atoms with Crippen LogP contribution in [0.5, 0.6) is 0 Å². The number of nitrogens with one attached hydrogen (secondary N) is 1. The lowest BCUT2D eigenvalue weighted by Crippen LogP contribution is -2.07. The van der Waals surface area contributed by atoms with E-state index < -0.39 is 4.92 Å². The molecule has 0 spiro atoms. The molecule has 1 amide bonds. The SMILES string of the molecule is CC(=O)Nc1cc2cc([N+](=O)[O-])ccc2c(Br)n1. The number of rotatable bonds is 2. The minimum atomic E-state index is -0.466. The fourth-order valence-electron chi connectivity index (χ4n) is 1.56. The number of non-ortho nitro benzene ring substituents is 1. The number of hydrogen-bond donors (Lipinski definition) is 1. The maximum atomic E-state index is 11.0. The van der Waals surface area contributed by atoms with Crippen molar-refractivity contribution in [3.05, 3.63) is 39.0 Å². The molecule has 0 saturated carbocycles. The predicted molar refractivity (Wildman–Crippen MR) is 70.4 cm³/mol. The number of pyridine rings is 1. The van der Waals surface area contributed by atoms with Crippen LogP contribution in [0.2, 0.25) is 0 Å². The van der Waals surface area contributed by atoms with E-state index in [1.54, 1.807) is 12.1 Å². The highest BCUT2D eigenvalue weighted by molar-refractivity contribution is 9.10. The van der Waals surface area contributed by atoms with E-state index >= 15 is 0 Å². The number of carbonyl (C=O) groups is 1. The van der Waals surface area contributed by atoms with Gasteiger partial charge in [0.1, 0.15) is 10.4 Å². The van der Waals surface area contributed by atoms with Crippen molar-refractivity contribution in [3.8, 4) is 0 Å². The van der Waals surface area contributed by atoms with Gasteiger partial charge in [-0.25, -0.2) is 4.98 Å². The molecule has 1 aromatic carbocycles. The van der Waals surface area contributed by atoms with Crippen LogP contribution < -0.4 is 5.32 Å². The Bertz CT molecular complexity index is 657. The molecule has 0 unspecified atom stereocenters. The number of nitro groups is 1. The van der Waals surface area contributed by atoms with Crippen molar-refractivity contribution in [1.82, 2.24) is 4.98 Å². The minimum Gasteiger partial charge on any atom is -0.311 e. The van der Waals surface area contributed by atoms with Crippen molar-refractivity contribution in [3.63, 3.8) is 0 Å². The summed E-state index contributed by atoms with van der Waals surface area (Å²) >= 11 is 3.27. The fraction of sp³-hybridized carbons (Fsp3) is 0.0909. The molecule has 6 nitrogen and oxygen atoms in total. The largest absolute Gasteiger partial charge is 0.311 e. The third-order valence-electron chi connectivity index (χ3n) is 2.28. The molecule has 0 aliphatic heterocycles. The topological polar surface area (TPSA) is 85.1 Å². The van der Waals surface area contributed by atoms with E-state index in [4.69, 9.17) is 0 Å². The van der Waals surface area contributed by atoms with Gasteiger partial charge in [-0.15, -0.1) is 0 Å². The summed E-state index contributed by atoms with van der Waals surface area (Å²) in [6.07, 6.45) is 0. The Morgan fingerprint density at radius 2 is 2.17 bits per heavy atom. The standard InChI is InChI=1S/C11H8BrN3O3/c1-6(16)13-10-5-7-4-8(15(17)18)2-3-9(7)11(12)14-10/h2-5H,1H3,(H,13,14,16). The van der Waals surface area contributed by atoms with Crippen molar-refractivity contribution >= 4 is 44.1 Å². The molecule has 92 valence electrons. The highest BCUT2D eigenvalue weighted by Crippen LogP contribution is 2.28. The lowest BCUT2D eigenvalue weighted by Gasteiger charge is -2.05. The molecule has 1 N–H and O–H groups in total. The summed E-state index contributed by atoms with van der Waals surface area (Å²) in [4.78, 5) is 25.3. The van der Waals surface area contributed by atoms with E-state index in [1.165, 1.54) is 19.1 Å². The molecule has 0 atom stereocenters. The normalized spacial score (nSPS) is 10.3. The summed E-state index contributed by atoms with van der Waals surface area (Å²) in [6, 6.07) is 6.05. The van der Waals surface area contributed by atoms with Gasteiger partial charge in [-0.05, 0) is 33.4 Å². The Morgan fingerprint density at radius 3 is 2.78 bits per heavy atom. The summed E-state index contributed by atoms with van der Waals surface area (Å²) in [5, 5.41) is 14.6. The first-order valence-electron chi connectivity index (χ1n) is 4.99. The molecule has 18 heavy (non-hydrogen) atoms. The van der Waals surface area contributed by atoms with Crippen molar-refractivity contribution in [2.75, 3.05) is 5.32 Å². The zero-order valence-electron chi connectivity index (χ0n) is 9.31.